The smallest absolute Gasteiger partial charge is 0.270 e. The molecular formula is C20H26N8O. The van der Waals surface area contributed by atoms with E-state index in [1.807, 2.05) is 4.80 Å². The summed E-state index contributed by atoms with van der Waals surface area (Å²) in [4.78, 5) is 24.0. The van der Waals surface area contributed by atoms with Crippen molar-refractivity contribution < 1.29 is 4.79 Å². The van der Waals surface area contributed by atoms with E-state index in [1.54, 1.807) is 0 Å². The quantitative estimate of drug-likeness (QED) is 0.806. The van der Waals surface area contributed by atoms with Gasteiger partial charge in [0.1, 0.15) is 5.69 Å². The van der Waals surface area contributed by atoms with Crippen LogP contribution in [0.2, 0.25) is 0 Å². The van der Waals surface area contributed by atoms with Crippen LogP contribution in [0.15, 0.2) is 6.33 Å². The molecule has 2 aromatic rings. The van der Waals surface area contributed by atoms with Crippen LogP contribution in [-0.2, 0) is 18.4 Å². The summed E-state index contributed by atoms with van der Waals surface area (Å²) < 4.78 is 0. The fourth-order valence-corrected chi connectivity index (χ4v) is 7.08. The lowest BCUT2D eigenvalue weighted by Gasteiger charge is -2.61. The first-order chi connectivity index (χ1) is 14.0. The van der Waals surface area contributed by atoms with E-state index in [-0.39, 0.29) is 22.9 Å². The first kappa shape index (κ1) is 17.3. The van der Waals surface area contributed by atoms with Crippen molar-refractivity contribution in [1.82, 2.24) is 35.5 Å². The topological polar surface area (TPSA) is 124 Å². The molecule has 4 atom stereocenters. The van der Waals surface area contributed by atoms with Crippen molar-refractivity contribution in [3.63, 3.8) is 0 Å². The second-order valence-corrected chi connectivity index (χ2v) is 9.71. The lowest BCUT2D eigenvalue weighted by atomic mass is 9.50. The maximum absolute atomic E-state index is 13.4. The van der Waals surface area contributed by atoms with E-state index in [0.29, 0.717) is 17.5 Å². The van der Waals surface area contributed by atoms with E-state index in [1.165, 1.54) is 12.7 Å². The minimum Gasteiger partial charge on any atom is -0.368 e. The third kappa shape index (κ3) is 2.66. The maximum atomic E-state index is 13.4. The summed E-state index contributed by atoms with van der Waals surface area (Å²) in [6, 6.07) is 0. The van der Waals surface area contributed by atoms with Gasteiger partial charge in [-0.15, -0.1) is 10.2 Å². The van der Waals surface area contributed by atoms with Crippen LogP contribution in [0.25, 0.3) is 0 Å². The van der Waals surface area contributed by atoms with Gasteiger partial charge in [0.2, 0.25) is 5.95 Å². The molecule has 9 nitrogen and oxygen atoms in total. The molecule has 9 heteroatoms. The number of rotatable bonds is 3. The van der Waals surface area contributed by atoms with Crippen LogP contribution < -0.4 is 11.1 Å². The van der Waals surface area contributed by atoms with Gasteiger partial charge in [-0.1, -0.05) is 0 Å². The predicted octanol–water partition coefficient (Wildman–Crippen LogP) is 1.40. The van der Waals surface area contributed by atoms with Gasteiger partial charge in [-0.2, -0.15) is 4.80 Å². The number of aromatic nitrogens is 6. The van der Waals surface area contributed by atoms with Crippen molar-refractivity contribution in [2.75, 3.05) is 5.73 Å². The van der Waals surface area contributed by atoms with Crippen molar-refractivity contribution in [3.05, 3.63) is 23.3 Å². The van der Waals surface area contributed by atoms with Gasteiger partial charge >= 0.3 is 0 Å². The number of nitrogens with one attached hydrogen (secondary N) is 1. The third-order valence-corrected chi connectivity index (χ3v) is 7.60. The van der Waals surface area contributed by atoms with Gasteiger partial charge in [-0.3, -0.25) is 4.79 Å². The number of carbonyl (C=O) groups excluding carboxylic acids is 1. The minimum atomic E-state index is -0.226. The van der Waals surface area contributed by atoms with Crippen LogP contribution in [0.1, 0.15) is 73.1 Å². The Bertz CT molecular complexity index is 957. The molecule has 4 bridgehead atoms. The summed E-state index contributed by atoms with van der Waals surface area (Å²) in [5.41, 5.74) is 8.00. The molecule has 2 heterocycles. The number of hydrogen-bond acceptors (Lipinski definition) is 7. The molecule has 0 saturated heterocycles. The van der Waals surface area contributed by atoms with E-state index in [0.717, 1.165) is 69.0 Å². The van der Waals surface area contributed by atoms with Crippen LogP contribution in [-0.4, -0.2) is 41.6 Å². The Morgan fingerprint density at radius 1 is 1.14 bits per heavy atom. The van der Waals surface area contributed by atoms with E-state index >= 15 is 0 Å². The van der Waals surface area contributed by atoms with Gasteiger partial charge in [0.15, 0.2) is 6.33 Å². The number of amides is 1. The van der Waals surface area contributed by atoms with Crippen molar-refractivity contribution in [3.8, 4) is 0 Å². The summed E-state index contributed by atoms with van der Waals surface area (Å²) in [6.07, 6.45) is 11.7. The second kappa shape index (κ2) is 5.96. The van der Waals surface area contributed by atoms with Crippen LogP contribution in [0.4, 0.5) is 5.95 Å². The summed E-state index contributed by atoms with van der Waals surface area (Å²) in [5, 5.41) is 16.0. The molecule has 0 aliphatic heterocycles. The summed E-state index contributed by atoms with van der Waals surface area (Å²) in [5.74, 6) is 1.28. The molecule has 152 valence electrons. The molecule has 2 aromatic heterocycles. The fourth-order valence-electron chi connectivity index (χ4n) is 7.08. The average Bonchev–Trinajstić information content (AvgIpc) is 3.21. The Kier molecular flexibility index (Phi) is 3.56. The SMILES string of the molecule is Nc1nc2c(c(C(=O)NC34C[C@H]5C[C@@H](C3)CC(n3ncnn3)(C5)C4)n1)CCCC2. The molecule has 7 rings (SSSR count). The van der Waals surface area contributed by atoms with E-state index in [4.69, 9.17) is 5.73 Å². The number of hydrogen-bond donors (Lipinski definition) is 2. The predicted molar refractivity (Wildman–Crippen MR) is 104 cm³/mol. The monoisotopic (exact) mass is 394 g/mol. The molecule has 0 aromatic carbocycles. The molecule has 3 N–H and O–H groups in total. The number of nitrogens with zero attached hydrogens (tertiary/aromatic N) is 6. The molecule has 0 spiro atoms. The lowest BCUT2D eigenvalue weighted by molar-refractivity contribution is -0.0811. The number of nitrogens with two attached hydrogens (primary N) is 1. The number of nitrogen functional groups attached to an aromatic ring is 1. The van der Waals surface area contributed by atoms with Crippen molar-refractivity contribution in [1.29, 1.82) is 0 Å². The van der Waals surface area contributed by atoms with E-state index in [9.17, 15) is 4.79 Å². The van der Waals surface area contributed by atoms with Crippen molar-refractivity contribution in [2.45, 2.75) is 75.3 Å². The molecule has 5 aliphatic carbocycles. The maximum Gasteiger partial charge on any atom is 0.270 e. The van der Waals surface area contributed by atoms with Crippen LogP contribution in [0.3, 0.4) is 0 Å². The van der Waals surface area contributed by atoms with Gasteiger partial charge in [0.05, 0.1) is 5.54 Å². The van der Waals surface area contributed by atoms with Gasteiger partial charge in [-0.25, -0.2) is 9.97 Å². The van der Waals surface area contributed by atoms with Gasteiger partial charge in [0.25, 0.3) is 5.91 Å². The third-order valence-electron chi connectivity index (χ3n) is 7.60. The average molecular weight is 394 g/mol. The van der Waals surface area contributed by atoms with Crippen LogP contribution in [0, 0.1) is 11.8 Å². The first-order valence-electron chi connectivity index (χ1n) is 10.8. The van der Waals surface area contributed by atoms with Gasteiger partial charge in [-0.05, 0) is 81.3 Å². The highest BCUT2D eigenvalue weighted by Gasteiger charge is 2.60. The molecule has 4 fully saturated rings. The number of fused-ring (bicyclic) bond motifs is 1. The summed E-state index contributed by atoms with van der Waals surface area (Å²) in [6.45, 7) is 0. The molecule has 5 aliphatic rings. The molecular weight excluding hydrogens is 368 g/mol. The normalized spacial score (nSPS) is 34.8. The van der Waals surface area contributed by atoms with Crippen LogP contribution in [0.5, 0.6) is 0 Å². The molecule has 2 unspecified atom stereocenters. The standard InChI is InChI=1S/C20H26N8O/c21-18-24-15-4-2-1-3-14(15)16(25-18)17(29)26-19-6-12-5-13(7-19)9-20(8-12,10-19)28-23-11-22-27-28/h11-13H,1-10H2,(H,26,29)(H2,21,24,25)/t12-,13+,19?,20?. The van der Waals surface area contributed by atoms with Crippen molar-refractivity contribution in [2.24, 2.45) is 11.8 Å². The largest absolute Gasteiger partial charge is 0.368 e. The van der Waals surface area contributed by atoms with Crippen LogP contribution >= 0.6 is 0 Å². The Morgan fingerprint density at radius 3 is 2.69 bits per heavy atom. The van der Waals surface area contributed by atoms with E-state index < -0.39 is 0 Å². The zero-order valence-corrected chi connectivity index (χ0v) is 16.5. The Balaban J connectivity index is 1.34. The molecule has 29 heavy (non-hydrogen) atoms. The first-order valence-corrected chi connectivity index (χ1v) is 10.8. The van der Waals surface area contributed by atoms with Gasteiger partial charge < -0.3 is 11.1 Å². The summed E-state index contributed by atoms with van der Waals surface area (Å²) >= 11 is 0. The zero-order chi connectivity index (χ0) is 19.6. The Labute approximate surface area is 168 Å². The van der Waals surface area contributed by atoms with E-state index in [2.05, 4.69) is 30.7 Å². The Hall–Kier alpha value is -2.58. The number of carbonyl (C=O) groups is 1. The highest BCUT2D eigenvalue weighted by molar-refractivity contribution is 5.94. The highest BCUT2D eigenvalue weighted by atomic mass is 16.2. The minimum absolute atomic E-state index is 0.0964. The highest BCUT2D eigenvalue weighted by Crippen LogP contribution is 2.60. The lowest BCUT2D eigenvalue weighted by Crippen LogP contribution is -2.66. The summed E-state index contributed by atoms with van der Waals surface area (Å²) in [7, 11) is 0. The van der Waals surface area contributed by atoms with Crippen molar-refractivity contribution >= 4 is 11.9 Å². The number of tetrazole rings is 1. The fraction of sp³-hybridized carbons (Fsp3) is 0.700. The number of aryl methyl sites for hydroxylation is 1. The Morgan fingerprint density at radius 2 is 1.93 bits per heavy atom. The molecule has 1 amide bonds. The zero-order valence-electron chi connectivity index (χ0n) is 16.5. The number of anilines is 1. The molecule has 4 saturated carbocycles. The molecule has 0 radical (unpaired) electrons. The van der Waals surface area contributed by atoms with Gasteiger partial charge in [0, 0.05) is 16.8 Å². The second-order valence-electron chi connectivity index (χ2n) is 9.71.